The number of para-hydroxylation sites is 1. The van der Waals surface area contributed by atoms with E-state index in [1.54, 1.807) is 0 Å². The average molecular weight is 367 g/mol. The molecule has 27 heavy (non-hydrogen) atoms. The number of aromatic nitrogens is 1. The van der Waals surface area contributed by atoms with Crippen LogP contribution in [0.15, 0.2) is 24.3 Å². The summed E-state index contributed by atoms with van der Waals surface area (Å²) in [5.74, 6) is 0.865. The van der Waals surface area contributed by atoms with E-state index in [1.165, 1.54) is 67.1 Å². The summed E-state index contributed by atoms with van der Waals surface area (Å²) in [4.78, 5) is 6.35. The fraction of sp³-hybridized carbons (Fsp3) is 0.667. The van der Waals surface area contributed by atoms with Crippen LogP contribution in [0.5, 0.6) is 0 Å². The molecule has 1 aromatic carbocycles. The van der Waals surface area contributed by atoms with Gasteiger partial charge in [-0.3, -0.25) is 0 Å². The van der Waals surface area contributed by atoms with Gasteiger partial charge in [-0.1, -0.05) is 37.5 Å². The number of benzene rings is 1. The number of hydrogen-bond donors (Lipinski definition) is 1. The second-order valence-electron chi connectivity index (χ2n) is 9.45. The summed E-state index contributed by atoms with van der Waals surface area (Å²) in [6.45, 7) is 0.868. The molecule has 0 saturated heterocycles. The molecule has 1 spiro atoms. The van der Waals surface area contributed by atoms with Crippen molar-refractivity contribution in [2.75, 3.05) is 20.7 Å². The van der Waals surface area contributed by atoms with Gasteiger partial charge in [0.2, 0.25) is 0 Å². The zero-order valence-corrected chi connectivity index (χ0v) is 17.0. The summed E-state index contributed by atoms with van der Waals surface area (Å²) >= 11 is 0. The van der Waals surface area contributed by atoms with Crippen LogP contribution in [-0.4, -0.2) is 36.1 Å². The SMILES string of the molecule is CN(C)C1(C2CCCCC2)CCC2(CC1)OCCc1c2[nH]c2ccccc12. The lowest BCUT2D eigenvalue weighted by atomic mass is 9.62. The molecule has 146 valence electrons. The monoisotopic (exact) mass is 366 g/mol. The van der Waals surface area contributed by atoms with Crippen LogP contribution in [0.2, 0.25) is 0 Å². The van der Waals surface area contributed by atoms with Crippen LogP contribution in [0, 0.1) is 5.92 Å². The van der Waals surface area contributed by atoms with Crippen molar-refractivity contribution in [3.63, 3.8) is 0 Å². The standard InChI is InChI=1S/C24H34N2O/c1-26(2)23(18-8-4-3-5-9-18)13-15-24(16-14-23)22-20(12-17-27-24)19-10-6-7-11-21(19)25-22/h6-7,10-11,18,25H,3-5,8-9,12-17H2,1-2H3. The van der Waals surface area contributed by atoms with Crippen molar-refractivity contribution < 1.29 is 4.74 Å². The minimum absolute atomic E-state index is 0.0826. The smallest absolute Gasteiger partial charge is 0.108 e. The first-order valence-corrected chi connectivity index (χ1v) is 11.1. The zero-order valence-electron chi connectivity index (χ0n) is 17.0. The number of fused-ring (bicyclic) bond motifs is 4. The molecule has 2 fully saturated rings. The van der Waals surface area contributed by atoms with Crippen LogP contribution in [0.25, 0.3) is 10.9 Å². The van der Waals surface area contributed by atoms with E-state index >= 15 is 0 Å². The third-order valence-corrected chi connectivity index (χ3v) is 8.18. The molecule has 1 aliphatic heterocycles. The normalized spacial score (nSPS) is 32.3. The summed E-state index contributed by atoms with van der Waals surface area (Å²) < 4.78 is 6.57. The Morgan fingerprint density at radius 2 is 1.74 bits per heavy atom. The molecule has 0 unspecified atom stereocenters. The van der Waals surface area contributed by atoms with Gasteiger partial charge in [0.05, 0.1) is 12.3 Å². The van der Waals surface area contributed by atoms with E-state index in [0.29, 0.717) is 5.54 Å². The van der Waals surface area contributed by atoms with Crippen molar-refractivity contribution in [2.24, 2.45) is 5.92 Å². The first-order chi connectivity index (χ1) is 13.1. The minimum Gasteiger partial charge on any atom is -0.368 e. The van der Waals surface area contributed by atoms with Crippen molar-refractivity contribution in [2.45, 2.75) is 75.3 Å². The highest BCUT2D eigenvalue weighted by Gasteiger charge is 2.51. The average Bonchev–Trinajstić information content (AvgIpc) is 3.10. The van der Waals surface area contributed by atoms with Crippen LogP contribution in [-0.2, 0) is 16.8 Å². The van der Waals surface area contributed by atoms with E-state index in [-0.39, 0.29) is 5.60 Å². The minimum atomic E-state index is -0.0826. The van der Waals surface area contributed by atoms with E-state index in [4.69, 9.17) is 4.74 Å². The third-order valence-electron chi connectivity index (χ3n) is 8.18. The molecule has 0 radical (unpaired) electrons. The number of rotatable bonds is 2. The van der Waals surface area contributed by atoms with Crippen LogP contribution in [0.1, 0.15) is 69.0 Å². The highest BCUT2D eigenvalue weighted by molar-refractivity contribution is 5.85. The summed E-state index contributed by atoms with van der Waals surface area (Å²) in [5.41, 5.74) is 4.49. The van der Waals surface area contributed by atoms with Crippen molar-refractivity contribution in [1.29, 1.82) is 0 Å². The number of nitrogens with one attached hydrogen (secondary N) is 1. The molecule has 0 amide bonds. The van der Waals surface area contributed by atoms with Gasteiger partial charge >= 0.3 is 0 Å². The maximum absolute atomic E-state index is 6.57. The molecule has 2 aromatic rings. The highest BCUT2D eigenvalue weighted by Crippen LogP contribution is 2.53. The van der Waals surface area contributed by atoms with E-state index < -0.39 is 0 Å². The predicted octanol–water partition coefficient (Wildman–Crippen LogP) is 5.39. The van der Waals surface area contributed by atoms with Crippen molar-refractivity contribution in [3.8, 4) is 0 Å². The third kappa shape index (κ3) is 2.69. The number of aromatic amines is 1. The Bertz CT molecular complexity index is 807. The van der Waals surface area contributed by atoms with Crippen LogP contribution < -0.4 is 0 Å². The first kappa shape index (κ1) is 17.8. The molecule has 3 heteroatoms. The molecular formula is C24H34N2O. The number of hydrogen-bond acceptors (Lipinski definition) is 2. The molecule has 1 aromatic heterocycles. The Hall–Kier alpha value is -1.32. The molecule has 5 rings (SSSR count). The fourth-order valence-corrected chi connectivity index (χ4v) is 6.61. The molecule has 0 atom stereocenters. The Labute approximate surface area is 163 Å². The zero-order chi connectivity index (χ0) is 18.5. The maximum Gasteiger partial charge on any atom is 0.108 e. The topological polar surface area (TPSA) is 28.3 Å². The van der Waals surface area contributed by atoms with Crippen LogP contribution in [0.3, 0.4) is 0 Å². The molecule has 2 saturated carbocycles. The van der Waals surface area contributed by atoms with Gasteiger partial charge < -0.3 is 14.6 Å². The van der Waals surface area contributed by atoms with Crippen molar-refractivity contribution in [3.05, 3.63) is 35.5 Å². The van der Waals surface area contributed by atoms with E-state index in [1.807, 2.05) is 0 Å². The molecule has 2 heterocycles. The van der Waals surface area contributed by atoms with Crippen LogP contribution >= 0.6 is 0 Å². The van der Waals surface area contributed by atoms with Crippen LogP contribution in [0.4, 0.5) is 0 Å². The lowest BCUT2D eigenvalue weighted by Gasteiger charge is -2.54. The molecule has 2 aliphatic carbocycles. The molecule has 0 bridgehead atoms. The number of H-pyrrole nitrogens is 1. The quantitative estimate of drug-likeness (QED) is 0.772. The highest BCUT2D eigenvalue weighted by atomic mass is 16.5. The van der Waals surface area contributed by atoms with Gasteiger partial charge in [0.1, 0.15) is 5.60 Å². The lowest BCUT2D eigenvalue weighted by molar-refractivity contribution is -0.123. The van der Waals surface area contributed by atoms with Gasteiger partial charge in [0, 0.05) is 16.4 Å². The first-order valence-electron chi connectivity index (χ1n) is 11.1. The Balaban J connectivity index is 1.47. The summed E-state index contributed by atoms with van der Waals surface area (Å²) in [6.07, 6.45) is 13.0. The van der Waals surface area contributed by atoms with Gasteiger partial charge in [-0.25, -0.2) is 0 Å². The Kier molecular flexibility index (Phi) is 4.36. The largest absolute Gasteiger partial charge is 0.368 e. The Morgan fingerprint density at radius 1 is 1.00 bits per heavy atom. The molecule has 3 aliphatic rings. The fourth-order valence-electron chi connectivity index (χ4n) is 6.61. The van der Waals surface area contributed by atoms with Gasteiger partial charge in [0.25, 0.3) is 0 Å². The van der Waals surface area contributed by atoms with E-state index in [9.17, 15) is 0 Å². The van der Waals surface area contributed by atoms with Crippen molar-refractivity contribution >= 4 is 10.9 Å². The predicted molar refractivity (Wildman–Crippen MR) is 111 cm³/mol. The molecular weight excluding hydrogens is 332 g/mol. The van der Waals surface area contributed by atoms with Gasteiger partial charge in [-0.2, -0.15) is 0 Å². The molecule has 3 nitrogen and oxygen atoms in total. The second kappa shape index (κ2) is 6.63. The van der Waals surface area contributed by atoms with Gasteiger partial charge in [-0.05, 0) is 76.6 Å². The van der Waals surface area contributed by atoms with Crippen molar-refractivity contribution in [1.82, 2.24) is 9.88 Å². The van der Waals surface area contributed by atoms with E-state index in [2.05, 4.69) is 48.2 Å². The number of nitrogens with zero attached hydrogens (tertiary/aromatic N) is 1. The van der Waals surface area contributed by atoms with Gasteiger partial charge in [-0.15, -0.1) is 0 Å². The maximum atomic E-state index is 6.57. The lowest BCUT2D eigenvalue weighted by Crippen LogP contribution is -2.56. The van der Waals surface area contributed by atoms with Gasteiger partial charge in [0.15, 0.2) is 0 Å². The second-order valence-corrected chi connectivity index (χ2v) is 9.45. The summed E-state index contributed by atoms with van der Waals surface area (Å²) in [5, 5.41) is 1.41. The summed E-state index contributed by atoms with van der Waals surface area (Å²) in [7, 11) is 4.64. The van der Waals surface area contributed by atoms with E-state index in [0.717, 1.165) is 31.8 Å². The summed E-state index contributed by atoms with van der Waals surface area (Å²) in [6, 6.07) is 8.80. The molecule has 1 N–H and O–H groups in total. The Morgan fingerprint density at radius 3 is 2.48 bits per heavy atom. The number of ether oxygens (including phenoxy) is 1.